The summed E-state index contributed by atoms with van der Waals surface area (Å²) in [6.45, 7) is 2.07. The van der Waals surface area contributed by atoms with Gasteiger partial charge in [-0.1, -0.05) is 43.7 Å². The summed E-state index contributed by atoms with van der Waals surface area (Å²) >= 11 is 0. The van der Waals surface area contributed by atoms with Crippen molar-refractivity contribution >= 4 is 0 Å². The zero-order valence-corrected chi connectivity index (χ0v) is 9.61. The second kappa shape index (κ2) is 5.93. The smallest absolute Gasteiger partial charge is 0.0832 e. The Labute approximate surface area is 97.1 Å². The van der Waals surface area contributed by atoms with Gasteiger partial charge in [0.15, 0.2) is 0 Å². The van der Waals surface area contributed by atoms with Gasteiger partial charge in [0.2, 0.25) is 0 Å². The van der Waals surface area contributed by atoms with Crippen LogP contribution in [0.3, 0.4) is 0 Å². The molecule has 0 aliphatic carbocycles. The Kier molecular flexibility index (Phi) is 4.55. The van der Waals surface area contributed by atoms with Crippen molar-refractivity contribution in [3.05, 3.63) is 35.9 Å². The second-order valence-corrected chi connectivity index (χ2v) is 3.97. The summed E-state index contributed by atoms with van der Waals surface area (Å²) in [5, 5.41) is 18.1. The lowest BCUT2D eigenvalue weighted by Gasteiger charge is -2.25. The van der Waals surface area contributed by atoms with Crippen molar-refractivity contribution in [1.29, 1.82) is 10.5 Å². The molecule has 0 radical (unpaired) electrons. The minimum atomic E-state index is -0.480. The van der Waals surface area contributed by atoms with Gasteiger partial charge in [-0.25, -0.2) is 0 Å². The van der Waals surface area contributed by atoms with Crippen molar-refractivity contribution in [2.24, 2.45) is 0 Å². The van der Waals surface area contributed by atoms with Gasteiger partial charge in [-0.15, -0.1) is 0 Å². The van der Waals surface area contributed by atoms with E-state index in [0.29, 0.717) is 12.8 Å². The molecule has 1 atom stereocenters. The fourth-order valence-electron chi connectivity index (χ4n) is 2.04. The van der Waals surface area contributed by atoms with E-state index < -0.39 is 5.41 Å². The van der Waals surface area contributed by atoms with E-state index in [9.17, 15) is 5.26 Å². The summed E-state index contributed by atoms with van der Waals surface area (Å²) in [7, 11) is 0. The number of nitrogens with zero attached hydrogens (tertiary/aromatic N) is 2. The van der Waals surface area contributed by atoms with Crippen LogP contribution in [0.5, 0.6) is 0 Å². The highest BCUT2D eigenvalue weighted by Crippen LogP contribution is 2.33. The normalized spacial score (nSPS) is 13.4. The second-order valence-electron chi connectivity index (χ2n) is 3.97. The Hall–Kier alpha value is -1.80. The van der Waals surface area contributed by atoms with Crippen molar-refractivity contribution in [3.63, 3.8) is 0 Å². The topological polar surface area (TPSA) is 47.6 Å². The minimum absolute atomic E-state index is 0.433. The Morgan fingerprint density at radius 1 is 1.12 bits per heavy atom. The molecule has 1 aromatic carbocycles. The Balaban J connectivity index is 3.04. The molecule has 0 aliphatic rings. The average Bonchev–Trinajstić information content (AvgIpc) is 2.36. The van der Waals surface area contributed by atoms with Crippen LogP contribution in [0.4, 0.5) is 0 Å². The zero-order chi connectivity index (χ0) is 11.9. The Morgan fingerprint density at radius 2 is 1.81 bits per heavy atom. The zero-order valence-electron chi connectivity index (χ0n) is 9.61. The Bertz CT molecular complexity index is 397. The monoisotopic (exact) mass is 212 g/mol. The van der Waals surface area contributed by atoms with Crippen LogP contribution in [0.2, 0.25) is 0 Å². The maximum Gasteiger partial charge on any atom is 0.0832 e. The van der Waals surface area contributed by atoms with Gasteiger partial charge in [-0.05, 0) is 18.4 Å². The molecule has 0 saturated carbocycles. The molecule has 0 saturated heterocycles. The summed E-state index contributed by atoms with van der Waals surface area (Å²) in [6, 6.07) is 14.4. The van der Waals surface area contributed by atoms with Crippen LogP contribution in [-0.4, -0.2) is 0 Å². The van der Waals surface area contributed by atoms with E-state index in [2.05, 4.69) is 19.1 Å². The number of benzene rings is 1. The first kappa shape index (κ1) is 12.3. The van der Waals surface area contributed by atoms with E-state index >= 15 is 0 Å². The van der Waals surface area contributed by atoms with Crippen LogP contribution in [0.15, 0.2) is 30.3 Å². The van der Waals surface area contributed by atoms with E-state index in [4.69, 9.17) is 5.26 Å². The third-order valence-corrected chi connectivity index (χ3v) is 2.88. The molecule has 0 amide bonds. The van der Waals surface area contributed by atoms with Crippen LogP contribution in [0.25, 0.3) is 0 Å². The molecule has 1 aromatic rings. The molecule has 1 rings (SSSR count). The molecule has 0 N–H and O–H groups in total. The maximum atomic E-state index is 9.43. The number of hydrogen-bond acceptors (Lipinski definition) is 2. The van der Waals surface area contributed by atoms with Crippen LogP contribution < -0.4 is 0 Å². The summed E-state index contributed by atoms with van der Waals surface area (Å²) in [4.78, 5) is 0. The minimum Gasteiger partial charge on any atom is -0.198 e. The van der Waals surface area contributed by atoms with E-state index in [1.54, 1.807) is 0 Å². The highest BCUT2D eigenvalue weighted by molar-refractivity contribution is 5.32. The molecule has 82 valence electrons. The molecule has 0 spiro atoms. The van der Waals surface area contributed by atoms with Crippen LogP contribution in [0, 0.1) is 22.7 Å². The van der Waals surface area contributed by atoms with Crippen LogP contribution >= 0.6 is 0 Å². The molecule has 0 heterocycles. The molecule has 0 aliphatic heterocycles. The molecule has 0 fully saturated rings. The number of nitriles is 2. The Morgan fingerprint density at radius 3 is 2.31 bits per heavy atom. The van der Waals surface area contributed by atoms with Crippen molar-refractivity contribution in [1.82, 2.24) is 0 Å². The van der Waals surface area contributed by atoms with E-state index in [-0.39, 0.29) is 0 Å². The van der Waals surface area contributed by atoms with Gasteiger partial charge in [-0.2, -0.15) is 10.5 Å². The van der Waals surface area contributed by atoms with E-state index in [1.165, 1.54) is 0 Å². The molecule has 2 heteroatoms. The summed E-state index contributed by atoms with van der Waals surface area (Å²) in [5.74, 6) is 0. The third kappa shape index (κ3) is 2.61. The summed E-state index contributed by atoms with van der Waals surface area (Å²) in [6.07, 6.45) is 2.82. The summed E-state index contributed by atoms with van der Waals surface area (Å²) < 4.78 is 0. The van der Waals surface area contributed by atoms with E-state index in [1.807, 2.05) is 30.3 Å². The lowest BCUT2D eigenvalue weighted by Crippen LogP contribution is -2.23. The lowest BCUT2D eigenvalue weighted by molar-refractivity contribution is 0.464. The van der Waals surface area contributed by atoms with Crippen LogP contribution in [-0.2, 0) is 5.41 Å². The predicted octanol–water partition coefficient (Wildman–Crippen LogP) is 3.55. The van der Waals surface area contributed by atoms with Gasteiger partial charge < -0.3 is 0 Å². The highest BCUT2D eigenvalue weighted by atomic mass is 14.4. The maximum absolute atomic E-state index is 9.43. The first-order chi connectivity index (χ1) is 7.79. The fourth-order valence-corrected chi connectivity index (χ4v) is 2.04. The largest absolute Gasteiger partial charge is 0.198 e. The molecule has 0 bridgehead atoms. The predicted molar refractivity (Wildman–Crippen MR) is 63.5 cm³/mol. The lowest BCUT2D eigenvalue weighted by atomic mass is 9.75. The van der Waals surface area contributed by atoms with Crippen molar-refractivity contribution < 1.29 is 0 Å². The fraction of sp³-hybridized carbons (Fsp3) is 0.429. The van der Waals surface area contributed by atoms with Gasteiger partial charge in [0.25, 0.3) is 0 Å². The van der Waals surface area contributed by atoms with Gasteiger partial charge in [0, 0.05) is 6.42 Å². The van der Waals surface area contributed by atoms with Crippen molar-refractivity contribution in [2.45, 2.75) is 38.0 Å². The standard InChI is InChI=1S/C14H16N2/c1-2-9-14(12-16,10-6-11-15)13-7-4-3-5-8-13/h3-5,7-8H,2,6,9-10H2,1H3/t14-/m0/s1. The first-order valence-corrected chi connectivity index (χ1v) is 5.63. The number of rotatable bonds is 5. The molecule has 0 aromatic heterocycles. The van der Waals surface area contributed by atoms with Crippen molar-refractivity contribution in [3.8, 4) is 12.1 Å². The van der Waals surface area contributed by atoms with E-state index in [0.717, 1.165) is 18.4 Å². The van der Waals surface area contributed by atoms with Gasteiger partial charge in [-0.3, -0.25) is 0 Å². The molecule has 0 unspecified atom stereocenters. The summed E-state index contributed by atoms with van der Waals surface area (Å²) in [5.41, 5.74) is 0.556. The van der Waals surface area contributed by atoms with Gasteiger partial charge in [0.1, 0.15) is 0 Å². The average molecular weight is 212 g/mol. The quantitative estimate of drug-likeness (QED) is 0.749. The van der Waals surface area contributed by atoms with Gasteiger partial charge in [0.05, 0.1) is 17.6 Å². The number of hydrogen-bond donors (Lipinski definition) is 0. The van der Waals surface area contributed by atoms with Crippen molar-refractivity contribution in [2.75, 3.05) is 0 Å². The SMILES string of the molecule is CCC[C@@](C#N)(CCC#N)c1ccccc1. The molecule has 2 nitrogen and oxygen atoms in total. The third-order valence-electron chi connectivity index (χ3n) is 2.88. The van der Waals surface area contributed by atoms with Gasteiger partial charge >= 0.3 is 0 Å². The molecular formula is C14H16N2. The van der Waals surface area contributed by atoms with Crippen LogP contribution in [0.1, 0.15) is 38.2 Å². The highest BCUT2D eigenvalue weighted by Gasteiger charge is 2.30. The molecule has 16 heavy (non-hydrogen) atoms. The molecular weight excluding hydrogens is 196 g/mol. The first-order valence-electron chi connectivity index (χ1n) is 5.63.